The summed E-state index contributed by atoms with van der Waals surface area (Å²) in [5.41, 5.74) is 3.15. The van der Waals surface area contributed by atoms with Crippen LogP contribution in [0.2, 0.25) is 10.0 Å². The highest BCUT2D eigenvalue weighted by atomic mass is 35.5. The molecule has 0 spiro atoms. The van der Waals surface area contributed by atoms with Crippen LogP contribution in [0.4, 0.5) is 0 Å². The molecule has 150 valence electrons. The number of hydrogen-bond acceptors (Lipinski definition) is 3. The molecule has 3 heterocycles. The highest BCUT2D eigenvalue weighted by Gasteiger charge is 2.30. The predicted molar refractivity (Wildman–Crippen MR) is 115 cm³/mol. The molecule has 4 rings (SSSR count). The van der Waals surface area contributed by atoms with E-state index >= 15 is 0 Å². The summed E-state index contributed by atoms with van der Waals surface area (Å²) in [4.78, 5) is 19.1. The second kappa shape index (κ2) is 8.99. The number of carbonyl (C=O) groups is 1. The molecule has 3 aromatic rings. The SMILES string of the molecule is O=C(CN1CCn2cccc2C1c1ccc(Cl)c(Cl)c1)NCCc1ccccn1. The third-order valence-corrected chi connectivity index (χ3v) is 5.91. The molecular formula is C22H22Cl2N4O. The fourth-order valence-electron chi connectivity index (χ4n) is 3.78. The molecule has 1 aromatic carbocycles. The lowest BCUT2D eigenvalue weighted by molar-refractivity contribution is -0.122. The number of nitrogens with zero attached hydrogens (tertiary/aromatic N) is 3. The van der Waals surface area contributed by atoms with E-state index in [1.54, 1.807) is 6.20 Å². The van der Waals surface area contributed by atoms with Crippen molar-refractivity contribution in [3.8, 4) is 0 Å². The lowest BCUT2D eigenvalue weighted by Gasteiger charge is -2.37. The highest BCUT2D eigenvalue weighted by molar-refractivity contribution is 6.42. The normalized spacial score (nSPS) is 16.4. The summed E-state index contributed by atoms with van der Waals surface area (Å²) in [5.74, 6) is 0.00555. The van der Waals surface area contributed by atoms with Crippen molar-refractivity contribution in [2.24, 2.45) is 0 Å². The van der Waals surface area contributed by atoms with Crippen LogP contribution in [0.15, 0.2) is 60.9 Å². The molecular weight excluding hydrogens is 407 g/mol. The van der Waals surface area contributed by atoms with Crippen LogP contribution in [-0.2, 0) is 17.8 Å². The standard InChI is InChI=1S/C22H22Cl2N4O/c23-18-7-6-16(14-19(18)24)22-20-5-3-11-27(20)12-13-28(22)15-21(29)26-10-8-17-4-1-2-9-25-17/h1-7,9,11,14,22H,8,10,12-13,15H2,(H,26,29). The maximum atomic E-state index is 12.6. The monoisotopic (exact) mass is 428 g/mol. The van der Waals surface area contributed by atoms with Gasteiger partial charge in [0.1, 0.15) is 0 Å². The van der Waals surface area contributed by atoms with Crippen LogP contribution in [-0.4, -0.2) is 40.0 Å². The van der Waals surface area contributed by atoms with Crippen molar-refractivity contribution >= 4 is 29.1 Å². The van der Waals surface area contributed by atoms with E-state index in [9.17, 15) is 4.79 Å². The fraction of sp³-hybridized carbons (Fsp3) is 0.273. The van der Waals surface area contributed by atoms with E-state index in [4.69, 9.17) is 23.2 Å². The molecule has 5 nitrogen and oxygen atoms in total. The van der Waals surface area contributed by atoms with Crippen molar-refractivity contribution in [3.63, 3.8) is 0 Å². The Balaban J connectivity index is 1.46. The number of fused-ring (bicyclic) bond motifs is 1. The molecule has 1 atom stereocenters. The molecule has 1 aliphatic rings. The van der Waals surface area contributed by atoms with E-state index in [2.05, 4.69) is 32.0 Å². The van der Waals surface area contributed by atoms with Crippen LogP contribution in [0.5, 0.6) is 0 Å². The van der Waals surface area contributed by atoms with Crippen LogP contribution >= 0.6 is 23.2 Å². The van der Waals surface area contributed by atoms with Crippen LogP contribution in [0.1, 0.15) is 23.0 Å². The fourth-order valence-corrected chi connectivity index (χ4v) is 4.09. The van der Waals surface area contributed by atoms with Crippen LogP contribution in [0.3, 0.4) is 0 Å². The van der Waals surface area contributed by atoms with E-state index in [-0.39, 0.29) is 11.9 Å². The van der Waals surface area contributed by atoms with Crippen molar-refractivity contribution in [1.82, 2.24) is 19.8 Å². The first kappa shape index (κ1) is 20.0. The van der Waals surface area contributed by atoms with Gasteiger partial charge >= 0.3 is 0 Å². The van der Waals surface area contributed by atoms with Crippen LogP contribution in [0.25, 0.3) is 0 Å². The highest BCUT2D eigenvalue weighted by Crippen LogP contribution is 2.35. The number of nitrogens with one attached hydrogen (secondary N) is 1. The average Bonchev–Trinajstić information content (AvgIpc) is 3.20. The first-order valence-corrected chi connectivity index (χ1v) is 10.4. The zero-order valence-electron chi connectivity index (χ0n) is 15.9. The predicted octanol–water partition coefficient (Wildman–Crippen LogP) is 3.95. The van der Waals surface area contributed by atoms with Gasteiger partial charge in [0.25, 0.3) is 0 Å². The van der Waals surface area contributed by atoms with Gasteiger partial charge in [-0.05, 0) is 42.0 Å². The third kappa shape index (κ3) is 4.64. The number of pyridine rings is 1. The Labute approximate surface area is 180 Å². The maximum absolute atomic E-state index is 12.6. The Hall–Kier alpha value is -2.34. The summed E-state index contributed by atoms with van der Waals surface area (Å²) in [7, 11) is 0. The molecule has 0 aliphatic carbocycles. The van der Waals surface area contributed by atoms with E-state index in [1.807, 2.05) is 42.5 Å². The Morgan fingerprint density at radius 1 is 1.10 bits per heavy atom. The first-order valence-electron chi connectivity index (χ1n) is 9.62. The summed E-state index contributed by atoms with van der Waals surface area (Å²) in [5, 5.41) is 4.06. The molecule has 0 fully saturated rings. The molecule has 0 bridgehead atoms. The number of rotatable bonds is 6. The lowest BCUT2D eigenvalue weighted by atomic mass is 10.00. The van der Waals surface area contributed by atoms with Crippen molar-refractivity contribution in [2.45, 2.75) is 19.0 Å². The van der Waals surface area contributed by atoms with Gasteiger partial charge in [-0.15, -0.1) is 0 Å². The quantitative estimate of drug-likeness (QED) is 0.646. The smallest absolute Gasteiger partial charge is 0.234 e. The molecule has 2 aromatic heterocycles. The topological polar surface area (TPSA) is 50.2 Å². The Morgan fingerprint density at radius 3 is 2.79 bits per heavy atom. The second-order valence-electron chi connectivity index (χ2n) is 7.09. The van der Waals surface area contributed by atoms with Gasteiger partial charge in [-0.1, -0.05) is 35.3 Å². The van der Waals surface area contributed by atoms with Gasteiger partial charge in [-0.2, -0.15) is 0 Å². The molecule has 0 saturated heterocycles. The Morgan fingerprint density at radius 2 is 2.00 bits per heavy atom. The summed E-state index contributed by atoms with van der Waals surface area (Å²) in [6.07, 6.45) is 4.55. The van der Waals surface area contributed by atoms with Crippen molar-refractivity contribution < 1.29 is 4.79 Å². The minimum absolute atomic E-state index is 0.00555. The average molecular weight is 429 g/mol. The second-order valence-corrected chi connectivity index (χ2v) is 7.91. The van der Waals surface area contributed by atoms with Gasteiger partial charge in [-0.25, -0.2) is 0 Å². The summed E-state index contributed by atoms with van der Waals surface area (Å²) in [6, 6.07) is 15.6. The van der Waals surface area contributed by atoms with Crippen LogP contribution in [0, 0.1) is 0 Å². The van der Waals surface area contributed by atoms with Gasteiger partial charge in [0, 0.05) is 49.8 Å². The van der Waals surface area contributed by atoms with Crippen molar-refractivity contribution in [1.29, 1.82) is 0 Å². The van der Waals surface area contributed by atoms with E-state index in [0.717, 1.165) is 30.0 Å². The van der Waals surface area contributed by atoms with Gasteiger partial charge in [0.15, 0.2) is 0 Å². The summed E-state index contributed by atoms with van der Waals surface area (Å²) >= 11 is 12.4. The number of amides is 1. The minimum Gasteiger partial charge on any atom is -0.355 e. The lowest BCUT2D eigenvalue weighted by Crippen LogP contribution is -2.44. The largest absolute Gasteiger partial charge is 0.355 e. The Kier molecular flexibility index (Phi) is 6.19. The molecule has 1 aliphatic heterocycles. The Bertz CT molecular complexity index is 989. The number of aromatic nitrogens is 2. The van der Waals surface area contributed by atoms with E-state index in [0.29, 0.717) is 29.6 Å². The van der Waals surface area contributed by atoms with Gasteiger partial charge in [0.2, 0.25) is 5.91 Å². The molecule has 0 saturated carbocycles. The first-order chi connectivity index (χ1) is 14.1. The van der Waals surface area contributed by atoms with Gasteiger partial charge < -0.3 is 9.88 Å². The molecule has 0 radical (unpaired) electrons. The van der Waals surface area contributed by atoms with Gasteiger partial charge in [0.05, 0.1) is 22.6 Å². The molecule has 1 N–H and O–H groups in total. The van der Waals surface area contributed by atoms with Gasteiger partial charge in [-0.3, -0.25) is 14.7 Å². The zero-order chi connectivity index (χ0) is 20.2. The number of benzene rings is 1. The molecule has 7 heteroatoms. The van der Waals surface area contributed by atoms with E-state index < -0.39 is 0 Å². The molecule has 29 heavy (non-hydrogen) atoms. The van der Waals surface area contributed by atoms with Crippen molar-refractivity contribution in [3.05, 3.63) is 87.9 Å². The number of hydrogen-bond donors (Lipinski definition) is 1. The minimum atomic E-state index is -0.0462. The van der Waals surface area contributed by atoms with Crippen LogP contribution < -0.4 is 5.32 Å². The third-order valence-electron chi connectivity index (χ3n) is 5.17. The van der Waals surface area contributed by atoms with E-state index in [1.165, 1.54) is 0 Å². The van der Waals surface area contributed by atoms with Crippen molar-refractivity contribution in [2.75, 3.05) is 19.6 Å². The molecule has 1 unspecified atom stereocenters. The maximum Gasteiger partial charge on any atom is 0.234 e. The number of halogens is 2. The summed E-state index contributed by atoms with van der Waals surface area (Å²) < 4.78 is 2.22. The molecule has 1 amide bonds. The number of carbonyl (C=O) groups excluding carboxylic acids is 1. The zero-order valence-corrected chi connectivity index (χ0v) is 17.4. The summed E-state index contributed by atoms with van der Waals surface area (Å²) in [6.45, 7) is 2.51.